The van der Waals surface area contributed by atoms with Crippen molar-refractivity contribution in [3.05, 3.63) is 51.1 Å². The molecule has 0 atom stereocenters. The summed E-state index contributed by atoms with van der Waals surface area (Å²) in [6.07, 6.45) is 6.79. The Labute approximate surface area is 172 Å². The van der Waals surface area contributed by atoms with Gasteiger partial charge < -0.3 is 14.8 Å². The minimum Gasteiger partial charge on any atom is -0.490 e. The van der Waals surface area contributed by atoms with Crippen molar-refractivity contribution in [2.75, 3.05) is 18.5 Å². The van der Waals surface area contributed by atoms with Crippen LogP contribution in [0.1, 0.15) is 18.1 Å². The Morgan fingerprint density at radius 1 is 1.33 bits per heavy atom. The Balaban J connectivity index is 2.06. The number of aryl methyl sites for hydroxylation is 1. The molecule has 0 aromatic heterocycles. The standard InChI is InChI=1S/C20H20IN3O3/c1-4-10-27-19-16(21)11-15(12-18(19)26-5-2)13-22-24-20(25)23-17-9-7-6-8-14(17)3/h1,6-9,11-13H,5,10H2,2-3H3,(H2,23,24,25). The van der Waals surface area contributed by atoms with Crippen LogP contribution in [0.15, 0.2) is 41.5 Å². The van der Waals surface area contributed by atoms with Crippen molar-refractivity contribution in [1.82, 2.24) is 5.43 Å². The number of nitrogens with one attached hydrogen (secondary N) is 2. The SMILES string of the molecule is C#CCOc1c(I)cc(C=NNC(=O)Nc2ccccc2C)cc1OCC. The summed E-state index contributed by atoms with van der Waals surface area (Å²) in [6.45, 7) is 4.44. The lowest BCUT2D eigenvalue weighted by Crippen LogP contribution is -2.24. The number of hydrogen-bond acceptors (Lipinski definition) is 4. The van der Waals surface area contributed by atoms with Crippen LogP contribution in [0.5, 0.6) is 11.5 Å². The van der Waals surface area contributed by atoms with Crippen LogP contribution in [-0.2, 0) is 0 Å². The molecule has 0 bridgehead atoms. The van der Waals surface area contributed by atoms with E-state index in [4.69, 9.17) is 15.9 Å². The van der Waals surface area contributed by atoms with Crippen LogP contribution < -0.4 is 20.2 Å². The second-order valence-corrected chi connectivity index (χ2v) is 6.56. The smallest absolute Gasteiger partial charge is 0.339 e. The molecule has 0 aliphatic heterocycles. The molecule has 27 heavy (non-hydrogen) atoms. The monoisotopic (exact) mass is 477 g/mol. The van der Waals surface area contributed by atoms with E-state index < -0.39 is 6.03 Å². The van der Waals surface area contributed by atoms with E-state index in [1.165, 1.54) is 6.21 Å². The van der Waals surface area contributed by atoms with E-state index in [-0.39, 0.29) is 6.61 Å². The Hall–Kier alpha value is -2.73. The molecule has 0 radical (unpaired) electrons. The molecule has 0 spiro atoms. The molecule has 2 rings (SSSR count). The molecule has 0 saturated heterocycles. The zero-order valence-corrected chi connectivity index (χ0v) is 17.2. The number of ether oxygens (including phenoxy) is 2. The lowest BCUT2D eigenvalue weighted by Gasteiger charge is -2.13. The highest BCUT2D eigenvalue weighted by Gasteiger charge is 2.11. The Morgan fingerprint density at radius 2 is 2.11 bits per heavy atom. The summed E-state index contributed by atoms with van der Waals surface area (Å²) in [5, 5.41) is 6.73. The zero-order chi connectivity index (χ0) is 19.6. The van der Waals surface area contributed by atoms with Gasteiger partial charge in [0, 0.05) is 5.69 Å². The quantitative estimate of drug-likeness (QED) is 0.272. The molecule has 2 aromatic carbocycles. The highest BCUT2D eigenvalue weighted by atomic mass is 127. The van der Waals surface area contributed by atoms with Crippen LogP contribution in [0.25, 0.3) is 0 Å². The van der Waals surface area contributed by atoms with Gasteiger partial charge in [0.05, 0.1) is 16.4 Å². The summed E-state index contributed by atoms with van der Waals surface area (Å²) in [6, 6.07) is 10.7. The van der Waals surface area contributed by atoms with Crippen LogP contribution in [-0.4, -0.2) is 25.5 Å². The summed E-state index contributed by atoms with van der Waals surface area (Å²) in [5.41, 5.74) is 4.90. The van der Waals surface area contributed by atoms with Crippen molar-refractivity contribution < 1.29 is 14.3 Å². The maximum absolute atomic E-state index is 12.0. The van der Waals surface area contributed by atoms with Gasteiger partial charge in [0.2, 0.25) is 0 Å². The number of hydrogen-bond donors (Lipinski definition) is 2. The predicted molar refractivity (Wildman–Crippen MR) is 116 cm³/mol. The Kier molecular flexibility index (Phi) is 7.95. The van der Waals surface area contributed by atoms with Gasteiger partial charge in [-0.2, -0.15) is 5.10 Å². The number of rotatable bonds is 7. The van der Waals surface area contributed by atoms with Crippen molar-refractivity contribution in [1.29, 1.82) is 0 Å². The van der Waals surface area contributed by atoms with Gasteiger partial charge in [-0.15, -0.1) is 6.42 Å². The van der Waals surface area contributed by atoms with Crippen molar-refractivity contribution in [3.8, 4) is 23.8 Å². The Morgan fingerprint density at radius 3 is 2.81 bits per heavy atom. The van der Waals surface area contributed by atoms with Crippen molar-refractivity contribution >= 4 is 40.5 Å². The number of carbonyl (C=O) groups excluding carboxylic acids is 1. The van der Waals surface area contributed by atoms with Crippen LogP contribution in [0, 0.1) is 22.8 Å². The number of anilines is 1. The van der Waals surface area contributed by atoms with Gasteiger partial charge in [-0.05, 0) is 65.8 Å². The lowest BCUT2D eigenvalue weighted by atomic mass is 10.2. The number of benzene rings is 2. The molecule has 140 valence electrons. The van der Waals surface area contributed by atoms with Gasteiger partial charge in [-0.3, -0.25) is 0 Å². The van der Waals surface area contributed by atoms with E-state index >= 15 is 0 Å². The van der Waals surface area contributed by atoms with Crippen molar-refractivity contribution in [2.24, 2.45) is 5.10 Å². The number of nitrogens with zero attached hydrogens (tertiary/aromatic N) is 1. The second-order valence-electron chi connectivity index (χ2n) is 5.39. The average Bonchev–Trinajstić information content (AvgIpc) is 2.63. The first kappa shape index (κ1) is 20.6. The zero-order valence-electron chi connectivity index (χ0n) is 15.1. The van der Waals surface area contributed by atoms with Gasteiger partial charge in [0.25, 0.3) is 0 Å². The summed E-state index contributed by atoms with van der Waals surface area (Å²) >= 11 is 2.14. The first-order valence-corrected chi connectivity index (χ1v) is 9.31. The number of urea groups is 1. The fourth-order valence-corrected chi connectivity index (χ4v) is 2.99. The third-order valence-electron chi connectivity index (χ3n) is 3.40. The largest absolute Gasteiger partial charge is 0.490 e. The molecule has 2 amide bonds. The van der Waals surface area contributed by atoms with Gasteiger partial charge in [-0.25, -0.2) is 10.2 Å². The summed E-state index contributed by atoms with van der Waals surface area (Å²) in [5.74, 6) is 3.61. The molecule has 0 aliphatic carbocycles. The molecule has 0 heterocycles. The maximum Gasteiger partial charge on any atom is 0.339 e. The third-order valence-corrected chi connectivity index (χ3v) is 4.21. The molecule has 6 nitrogen and oxygen atoms in total. The minimum atomic E-state index is -0.422. The molecule has 7 heteroatoms. The topological polar surface area (TPSA) is 72.0 Å². The molecular weight excluding hydrogens is 457 g/mol. The van der Waals surface area contributed by atoms with Crippen LogP contribution >= 0.6 is 22.6 Å². The summed E-state index contributed by atoms with van der Waals surface area (Å²) < 4.78 is 12.0. The summed E-state index contributed by atoms with van der Waals surface area (Å²) in [7, 11) is 0. The average molecular weight is 477 g/mol. The number of halogens is 1. The molecule has 0 saturated carbocycles. The molecule has 0 aliphatic rings. The van der Waals surface area contributed by atoms with Gasteiger partial charge in [0.1, 0.15) is 6.61 Å². The molecule has 0 fully saturated rings. The molecular formula is C20H20IN3O3. The second kappa shape index (κ2) is 10.4. The van der Waals surface area contributed by atoms with Crippen molar-refractivity contribution in [3.63, 3.8) is 0 Å². The maximum atomic E-state index is 12.0. The van der Waals surface area contributed by atoms with Gasteiger partial charge in [0.15, 0.2) is 11.5 Å². The molecule has 0 unspecified atom stereocenters. The van der Waals surface area contributed by atoms with Gasteiger partial charge in [-0.1, -0.05) is 24.1 Å². The summed E-state index contributed by atoms with van der Waals surface area (Å²) in [4.78, 5) is 12.0. The fourth-order valence-electron chi connectivity index (χ4n) is 2.21. The van der Waals surface area contributed by atoms with Gasteiger partial charge >= 0.3 is 6.03 Å². The van der Waals surface area contributed by atoms with E-state index in [0.29, 0.717) is 18.1 Å². The van der Waals surface area contributed by atoms with E-state index in [0.717, 1.165) is 20.4 Å². The number of para-hydroxylation sites is 1. The highest BCUT2D eigenvalue weighted by Crippen LogP contribution is 2.33. The first-order valence-electron chi connectivity index (χ1n) is 8.23. The van der Waals surface area contributed by atoms with E-state index in [2.05, 4.69) is 44.4 Å². The van der Waals surface area contributed by atoms with E-state index in [9.17, 15) is 4.79 Å². The van der Waals surface area contributed by atoms with E-state index in [1.54, 1.807) is 6.07 Å². The molecule has 2 N–H and O–H groups in total. The Bertz CT molecular complexity index is 875. The normalized spacial score (nSPS) is 10.3. The number of terminal acetylenes is 1. The number of hydrazone groups is 1. The highest BCUT2D eigenvalue weighted by molar-refractivity contribution is 14.1. The lowest BCUT2D eigenvalue weighted by molar-refractivity contribution is 0.252. The number of amides is 2. The van der Waals surface area contributed by atoms with E-state index in [1.807, 2.05) is 44.2 Å². The minimum absolute atomic E-state index is 0.157. The fraction of sp³-hybridized carbons (Fsp3) is 0.200. The molecule has 2 aromatic rings. The number of carbonyl (C=O) groups is 1. The van der Waals surface area contributed by atoms with Crippen LogP contribution in [0.4, 0.5) is 10.5 Å². The van der Waals surface area contributed by atoms with Crippen LogP contribution in [0.2, 0.25) is 0 Å². The first-order chi connectivity index (χ1) is 13.0. The predicted octanol–water partition coefficient (Wildman–Crippen LogP) is 4.17. The van der Waals surface area contributed by atoms with Crippen LogP contribution in [0.3, 0.4) is 0 Å². The third kappa shape index (κ3) is 6.18. The van der Waals surface area contributed by atoms with Crippen molar-refractivity contribution in [2.45, 2.75) is 13.8 Å².